The minimum absolute atomic E-state index is 0.115. The zero-order chi connectivity index (χ0) is 23.9. The number of anilines is 1. The van der Waals surface area contributed by atoms with Crippen molar-refractivity contribution >= 4 is 62.2 Å². The van der Waals surface area contributed by atoms with Gasteiger partial charge in [-0.2, -0.15) is 0 Å². The lowest BCUT2D eigenvalue weighted by atomic mass is 10.2. The molecule has 1 amide bonds. The molecule has 7 nitrogen and oxygen atoms in total. The van der Waals surface area contributed by atoms with Gasteiger partial charge in [-0.25, -0.2) is 9.48 Å². The first-order valence-electron chi connectivity index (χ1n) is 9.92. The van der Waals surface area contributed by atoms with Crippen LogP contribution in [0.3, 0.4) is 0 Å². The summed E-state index contributed by atoms with van der Waals surface area (Å²) in [5, 5.41) is 4.04. The van der Waals surface area contributed by atoms with Crippen molar-refractivity contribution in [3.05, 3.63) is 79.5 Å². The molecule has 4 rings (SSSR count). The number of aromatic nitrogens is 2. The van der Waals surface area contributed by atoms with Gasteiger partial charge in [-0.1, -0.05) is 47.5 Å². The second kappa shape index (κ2) is 9.05. The molecule has 0 spiro atoms. The normalized spacial score (nSPS) is 12.0. The van der Waals surface area contributed by atoms with Crippen LogP contribution in [0.5, 0.6) is 0 Å². The Kier molecular flexibility index (Phi) is 6.34. The number of benzene rings is 2. The average Bonchev–Trinajstić information content (AvgIpc) is 3.22. The lowest BCUT2D eigenvalue weighted by molar-refractivity contribution is -0.123. The molecule has 10 heteroatoms. The summed E-state index contributed by atoms with van der Waals surface area (Å²) in [6, 6.07) is 14.2. The van der Waals surface area contributed by atoms with E-state index in [1.165, 1.54) is 11.6 Å². The van der Waals surface area contributed by atoms with E-state index in [4.69, 9.17) is 27.9 Å². The molecule has 2 aromatic heterocycles. The first-order chi connectivity index (χ1) is 15.7. The van der Waals surface area contributed by atoms with E-state index >= 15 is 0 Å². The average molecular weight is 504 g/mol. The number of ether oxygens (including phenoxy) is 1. The van der Waals surface area contributed by atoms with Crippen LogP contribution in [0.15, 0.2) is 53.3 Å². The number of fused-ring (bicyclic) bond motifs is 1. The van der Waals surface area contributed by atoms with Crippen LogP contribution in [0.4, 0.5) is 5.69 Å². The summed E-state index contributed by atoms with van der Waals surface area (Å²) in [6.45, 7) is 3.15. The Balaban J connectivity index is 1.54. The summed E-state index contributed by atoms with van der Waals surface area (Å²) < 4.78 is 9.17. The van der Waals surface area contributed by atoms with E-state index < -0.39 is 23.5 Å². The minimum atomic E-state index is -1.16. The molecule has 0 saturated carbocycles. The molecule has 1 atom stereocenters. The molecule has 4 aromatic rings. The number of rotatable bonds is 5. The summed E-state index contributed by atoms with van der Waals surface area (Å²) in [5.41, 5.74) is 0.939. The number of hydrogen-bond acceptors (Lipinski definition) is 5. The van der Waals surface area contributed by atoms with Gasteiger partial charge in [0, 0.05) is 22.2 Å². The molecule has 1 N–H and O–H groups in total. The Hall–Kier alpha value is -3.07. The Morgan fingerprint density at radius 3 is 2.52 bits per heavy atom. The SMILES string of the molecule is Cc1c(NC(=O)C(C)OC(=O)c2sc3cc(Cl)ccc3c2Cl)c(=O)n(-c2ccccc2)n1C. The molecule has 0 fully saturated rings. The molecule has 0 aliphatic rings. The highest BCUT2D eigenvalue weighted by Crippen LogP contribution is 2.37. The number of nitrogens with one attached hydrogen (secondary N) is 1. The molecule has 0 radical (unpaired) electrons. The van der Waals surface area contributed by atoms with Gasteiger partial charge in [-0.15, -0.1) is 11.3 Å². The fraction of sp³-hybridized carbons (Fsp3) is 0.174. The van der Waals surface area contributed by atoms with Crippen molar-refractivity contribution in [2.45, 2.75) is 20.0 Å². The maximum Gasteiger partial charge on any atom is 0.350 e. The number of carbonyl (C=O) groups excluding carboxylic acids is 2. The number of hydrogen-bond donors (Lipinski definition) is 1. The quantitative estimate of drug-likeness (QED) is 0.380. The molecule has 0 aliphatic carbocycles. The monoisotopic (exact) mass is 503 g/mol. The maximum atomic E-state index is 13.0. The van der Waals surface area contributed by atoms with E-state index in [-0.39, 0.29) is 15.6 Å². The van der Waals surface area contributed by atoms with E-state index in [0.717, 1.165) is 16.0 Å². The fourth-order valence-corrected chi connectivity index (χ4v) is 5.04. The second-order valence-corrected chi connectivity index (χ2v) is 9.23. The topological polar surface area (TPSA) is 82.3 Å². The van der Waals surface area contributed by atoms with Crippen molar-refractivity contribution in [1.82, 2.24) is 9.36 Å². The molecular formula is C23H19Cl2N3O4S. The van der Waals surface area contributed by atoms with E-state index in [1.807, 2.05) is 18.2 Å². The fourth-order valence-electron chi connectivity index (χ4n) is 3.37. The lowest BCUT2D eigenvalue weighted by Gasteiger charge is -2.12. The van der Waals surface area contributed by atoms with Gasteiger partial charge < -0.3 is 10.1 Å². The summed E-state index contributed by atoms with van der Waals surface area (Å²) in [6.07, 6.45) is -1.16. The number of para-hydroxylation sites is 1. The third-order valence-corrected chi connectivity index (χ3v) is 7.10. The van der Waals surface area contributed by atoms with Gasteiger partial charge in [0.05, 0.1) is 16.4 Å². The smallest absolute Gasteiger partial charge is 0.350 e. The molecule has 0 bridgehead atoms. The van der Waals surface area contributed by atoms with Crippen molar-refractivity contribution in [3.8, 4) is 5.69 Å². The van der Waals surface area contributed by atoms with Crippen LogP contribution in [0, 0.1) is 6.92 Å². The number of carbonyl (C=O) groups is 2. The van der Waals surface area contributed by atoms with Crippen LogP contribution in [-0.2, 0) is 16.6 Å². The molecule has 0 saturated heterocycles. The van der Waals surface area contributed by atoms with Crippen molar-refractivity contribution < 1.29 is 14.3 Å². The van der Waals surface area contributed by atoms with E-state index in [1.54, 1.807) is 49.0 Å². The third kappa shape index (κ3) is 4.29. The summed E-state index contributed by atoms with van der Waals surface area (Å²) >= 11 is 13.5. The zero-order valence-electron chi connectivity index (χ0n) is 17.9. The van der Waals surface area contributed by atoms with Gasteiger partial charge in [-0.3, -0.25) is 14.3 Å². The van der Waals surface area contributed by atoms with Gasteiger partial charge in [0.1, 0.15) is 10.6 Å². The Bertz CT molecular complexity index is 1440. The van der Waals surface area contributed by atoms with Crippen LogP contribution >= 0.6 is 34.5 Å². The van der Waals surface area contributed by atoms with Gasteiger partial charge in [0.2, 0.25) is 0 Å². The summed E-state index contributed by atoms with van der Waals surface area (Å²) in [5.74, 6) is -1.36. The second-order valence-electron chi connectivity index (χ2n) is 7.36. The lowest BCUT2D eigenvalue weighted by Crippen LogP contribution is -2.32. The Morgan fingerprint density at radius 1 is 1.12 bits per heavy atom. The maximum absolute atomic E-state index is 13.0. The number of thiophene rings is 1. The van der Waals surface area contributed by atoms with E-state index in [0.29, 0.717) is 21.8 Å². The number of esters is 1. The highest BCUT2D eigenvalue weighted by molar-refractivity contribution is 7.21. The van der Waals surface area contributed by atoms with Crippen LogP contribution in [0.25, 0.3) is 15.8 Å². The van der Waals surface area contributed by atoms with Gasteiger partial charge in [0.25, 0.3) is 11.5 Å². The third-order valence-electron chi connectivity index (χ3n) is 5.23. The van der Waals surface area contributed by atoms with Gasteiger partial charge >= 0.3 is 5.97 Å². The highest BCUT2D eigenvalue weighted by atomic mass is 35.5. The molecule has 2 aromatic carbocycles. The van der Waals surface area contributed by atoms with E-state index in [2.05, 4.69) is 5.32 Å². The zero-order valence-corrected chi connectivity index (χ0v) is 20.2. The first kappa shape index (κ1) is 23.1. The van der Waals surface area contributed by atoms with Crippen LogP contribution in [0.2, 0.25) is 10.0 Å². The predicted molar refractivity (Wildman–Crippen MR) is 131 cm³/mol. The van der Waals surface area contributed by atoms with E-state index in [9.17, 15) is 14.4 Å². The first-order valence-corrected chi connectivity index (χ1v) is 11.5. The van der Waals surface area contributed by atoms with Crippen LogP contribution < -0.4 is 10.9 Å². The molecular weight excluding hydrogens is 485 g/mol. The Labute approximate surface area is 203 Å². The molecule has 0 aliphatic heterocycles. The number of nitrogens with zero attached hydrogens (tertiary/aromatic N) is 2. The van der Waals surface area contributed by atoms with Crippen molar-refractivity contribution in [2.24, 2.45) is 7.05 Å². The van der Waals surface area contributed by atoms with Crippen LogP contribution in [0.1, 0.15) is 22.3 Å². The molecule has 33 heavy (non-hydrogen) atoms. The van der Waals surface area contributed by atoms with Crippen molar-refractivity contribution in [2.75, 3.05) is 5.32 Å². The van der Waals surface area contributed by atoms with Crippen molar-refractivity contribution in [1.29, 1.82) is 0 Å². The van der Waals surface area contributed by atoms with Gasteiger partial charge in [0.15, 0.2) is 6.10 Å². The number of halogens is 2. The summed E-state index contributed by atoms with van der Waals surface area (Å²) in [7, 11) is 1.72. The molecule has 170 valence electrons. The standard InChI is InChI=1S/C23H19Cl2N3O4S/c1-12-19(22(30)28(27(12)3)15-7-5-4-6-8-15)26-21(29)13(2)32-23(31)20-18(25)16-10-9-14(24)11-17(16)33-20/h4-11,13H,1-3H3,(H,26,29). The Morgan fingerprint density at radius 2 is 1.82 bits per heavy atom. The molecule has 1 unspecified atom stereocenters. The minimum Gasteiger partial charge on any atom is -0.448 e. The van der Waals surface area contributed by atoms with Crippen LogP contribution in [-0.4, -0.2) is 27.3 Å². The summed E-state index contributed by atoms with van der Waals surface area (Å²) in [4.78, 5) is 38.6. The van der Waals surface area contributed by atoms with Crippen molar-refractivity contribution in [3.63, 3.8) is 0 Å². The van der Waals surface area contributed by atoms with Gasteiger partial charge in [-0.05, 0) is 38.1 Å². The highest BCUT2D eigenvalue weighted by Gasteiger charge is 2.26. The number of amides is 1. The largest absolute Gasteiger partial charge is 0.448 e. The predicted octanol–water partition coefficient (Wildman–Crippen LogP) is 5.19. The molecule has 2 heterocycles.